The van der Waals surface area contributed by atoms with Crippen LogP contribution in [0.3, 0.4) is 0 Å². The van der Waals surface area contributed by atoms with Crippen molar-refractivity contribution in [1.29, 1.82) is 0 Å². The van der Waals surface area contributed by atoms with Crippen molar-refractivity contribution in [3.8, 4) is 0 Å². The minimum absolute atomic E-state index is 0.185. The van der Waals surface area contributed by atoms with Crippen molar-refractivity contribution in [2.75, 3.05) is 5.32 Å². The quantitative estimate of drug-likeness (QED) is 0.481. The Hall–Kier alpha value is -3.71. The molecule has 2 amide bonds. The van der Waals surface area contributed by atoms with Crippen LogP contribution >= 0.6 is 11.6 Å². The maximum absolute atomic E-state index is 12.4. The third kappa shape index (κ3) is 4.16. The van der Waals surface area contributed by atoms with Gasteiger partial charge in [0.1, 0.15) is 11.0 Å². The summed E-state index contributed by atoms with van der Waals surface area (Å²) in [5, 5.41) is 6.04. The number of aromatic nitrogens is 3. The van der Waals surface area contributed by atoms with Gasteiger partial charge in [-0.1, -0.05) is 29.8 Å². The van der Waals surface area contributed by atoms with Crippen LogP contribution in [0, 0.1) is 0 Å². The highest BCUT2D eigenvalue weighted by Crippen LogP contribution is 2.20. The molecule has 2 heterocycles. The van der Waals surface area contributed by atoms with Crippen LogP contribution in [-0.2, 0) is 13.6 Å². The van der Waals surface area contributed by atoms with Crippen LogP contribution in [0.1, 0.15) is 26.5 Å². The first kappa shape index (κ1) is 19.6. The lowest BCUT2D eigenvalue weighted by atomic mass is 10.2. The molecule has 30 heavy (non-hydrogen) atoms. The topological polar surface area (TPSA) is 88.9 Å². The Morgan fingerprint density at radius 1 is 1.00 bits per heavy atom. The summed E-state index contributed by atoms with van der Waals surface area (Å²) in [6.07, 6.45) is 1.42. The van der Waals surface area contributed by atoms with E-state index in [0.29, 0.717) is 27.8 Å². The van der Waals surface area contributed by atoms with Gasteiger partial charge in [0.15, 0.2) is 0 Å². The number of carbonyl (C=O) groups excluding carboxylic acids is 2. The largest absolute Gasteiger partial charge is 0.345 e. The molecule has 0 aliphatic rings. The Labute approximate surface area is 177 Å². The Bertz CT molecular complexity index is 1220. The first-order valence-electron chi connectivity index (χ1n) is 9.23. The average Bonchev–Trinajstić information content (AvgIpc) is 3.08. The molecule has 4 aromatic rings. The maximum Gasteiger partial charge on any atom is 0.255 e. The summed E-state index contributed by atoms with van der Waals surface area (Å²) < 4.78 is 1.90. The van der Waals surface area contributed by atoms with E-state index >= 15 is 0 Å². The number of halogens is 1. The van der Waals surface area contributed by atoms with Gasteiger partial charge in [0, 0.05) is 24.5 Å². The summed E-state index contributed by atoms with van der Waals surface area (Å²) in [6.45, 7) is 0.248. The second kappa shape index (κ2) is 8.34. The van der Waals surface area contributed by atoms with Gasteiger partial charge in [0.05, 0.1) is 23.1 Å². The molecule has 0 fully saturated rings. The summed E-state index contributed by atoms with van der Waals surface area (Å²) in [5.41, 5.74) is 3.27. The Morgan fingerprint density at radius 2 is 1.80 bits per heavy atom. The molecule has 0 atom stereocenters. The number of hydrogen-bond donors (Lipinski definition) is 2. The number of pyridine rings is 1. The lowest BCUT2D eigenvalue weighted by Crippen LogP contribution is -2.24. The number of carbonyl (C=O) groups is 2. The fourth-order valence-corrected chi connectivity index (χ4v) is 3.16. The van der Waals surface area contributed by atoms with E-state index < -0.39 is 0 Å². The van der Waals surface area contributed by atoms with Gasteiger partial charge in [0.25, 0.3) is 11.8 Å². The SMILES string of the molecule is Cn1c(CNC(=O)c2ccc(Cl)nc2)nc2cc(NC(=O)c3ccccc3)ccc21. The predicted octanol–water partition coefficient (Wildman–Crippen LogP) is 3.80. The van der Waals surface area contributed by atoms with E-state index in [9.17, 15) is 9.59 Å². The van der Waals surface area contributed by atoms with E-state index in [0.717, 1.165) is 11.0 Å². The Morgan fingerprint density at radius 3 is 2.53 bits per heavy atom. The number of anilines is 1. The molecule has 150 valence electrons. The zero-order valence-electron chi connectivity index (χ0n) is 16.1. The number of nitrogens with zero attached hydrogens (tertiary/aromatic N) is 3. The molecule has 2 N–H and O–H groups in total. The Balaban J connectivity index is 1.48. The van der Waals surface area contributed by atoms with Gasteiger partial charge in [-0.05, 0) is 42.5 Å². The van der Waals surface area contributed by atoms with Crippen molar-refractivity contribution in [2.24, 2.45) is 7.05 Å². The standard InChI is InChI=1S/C22H18ClN5O2/c1-28-18-9-8-16(26-22(30)14-5-3-2-4-6-14)11-17(18)27-20(28)13-25-21(29)15-7-10-19(23)24-12-15/h2-12H,13H2,1H3,(H,25,29)(H,26,30). The molecule has 0 spiro atoms. The molecule has 0 aliphatic heterocycles. The lowest BCUT2D eigenvalue weighted by molar-refractivity contribution is 0.0948. The number of fused-ring (bicyclic) bond motifs is 1. The fraction of sp³-hybridized carbons (Fsp3) is 0.0909. The highest BCUT2D eigenvalue weighted by molar-refractivity contribution is 6.29. The molecule has 8 heteroatoms. The molecule has 7 nitrogen and oxygen atoms in total. The molecule has 2 aromatic carbocycles. The summed E-state index contributed by atoms with van der Waals surface area (Å²) in [7, 11) is 1.88. The number of nitrogens with one attached hydrogen (secondary N) is 2. The van der Waals surface area contributed by atoms with Crippen molar-refractivity contribution in [3.05, 3.63) is 89.0 Å². The van der Waals surface area contributed by atoms with Gasteiger partial charge in [-0.15, -0.1) is 0 Å². The average molecular weight is 420 g/mol. The highest BCUT2D eigenvalue weighted by Gasteiger charge is 2.12. The molecule has 0 unspecified atom stereocenters. The minimum atomic E-state index is -0.262. The number of rotatable bonds is 5. The van der Waals surface area contributed by atoms with Crippen LogP contribution in [0.25, 0.3) is 11.0 Å². The summed E-state index contributed by atoms with van der Waals surface area (Å²) >= 11 is 5.75. The molecular formula is C22H18ClN5O2. The van der Waals surface area contributed by atoms with Crippen molar-refractivity contribution >= 4 is 40.1 Å². The van der Waals surface area contributed by atoms with Gasteiger partial charge in [-0.3, -0.25) is 9.59 Å². The number of amides is 2. The smallest absolute Gasteiger partial charge is 0.255 e. The van der Waals surface area contributed by atoms with Crippen LogP contribution in [-0.4, -0.2) is 26.3 Å². The van der Waals surface area contributed by atoms with Gasteiger partial charge in [0.2, 0.25) is 0 Å². The zero-order valence-corrected chi connectivity index (χ0v) is 16.8. The van der Waals surface area contributed by atoms with E-state index in [-0.39, 0.29) is 18.4 Å². The number of hydrogen-bond acceptors (Lipinski definition) is 4. The van der Waals surface area contributed by atoms with Gasteiger partial charge < -0.3 is 15.2 Å². The van der Waals surface area contributed by atoms with E-state index in [1.165, 1.54) is 6.20 Å². The zero-order chi connectivity index (χ0) is 21.1. The summed E-state index contributed by atoms with van der Waals surface area (Å²) in [6, 6.07) is 17.7. The highest BCUT2D eigenvalue weighted by atomic mass is 35.5. The fourth-order valence-electron chi connectivity index (χ4n) is 3.05. The first-order chi connectivity index (χ1) is 14.5. The van der Waals surface area contributed by atoms with Crippen LogP contribution in [0.15, 0.2) is 66.9 Å². The summed E-state index contributed by atoms with van der Waals surface area (Å²) in [4.78, 5) is 33.1. The van der Waals surface area contributed by atoms with Crippen molar-refractivity contribution in [1.82, 2.24) is 19.9 Å². The minimum Gasteiger partial charge on any atom is -0.345 e. The van der Waals surface area contributed by atoms with Crippen molar-refractivity contribution in [3.63, 3.8) is 0 Å². The number of imidazole rings is 1. The molecule has 0 bridgehead atoms. The van der Waals surface area contributed by atoms with Crippen LogP contribution in [0.2, 0.25) is 5.15 Å². The molecule has 0 radical (unpaired) electrons. The maximum atomic E-state index is 12.4. The third-order valence-corrected chi connectivity index (χ3v) is 4.89. The van der Waals surface area contributed by atoms with Crippen molar-refractivity contribution < 1.29 is 9.59 Å². The molecular weight excluding hydrogens is 402 g/mol. The predicted molar refractivity (Wildman–Crippen MR) is 116 cm³/mol. The third-order valence-electron chi connectivity index (χ3n) is 4.66. The molecule has 4 rings (SSSR count). The van der Waals surface area contributed by atoms with Gasteiger partial charge in [-0.2, -0.15) is 0 Å². The number of aryl methyl sites for hydroxylation is 1. The van der Waals surface area contributed by atoms with Gasteiger partial charge in [-0.25, -0.2) is 9.97 Å². The van der Waals surface area contributed by atoms with Crippen LogP contribution in [0.5, 0.6) is 0 Å². The summed E-state index contributed by atoms with van der Waals surface area (Å²) in [5.74, 6) is 0.240. The number of benzene rings is 2. The molecule has 0 saturated heterocycles. The van der Waals surface area contributed by atoms with E-state index in [1.54, 1.807) is 24.3 Å². The monoisotopic (exact) mass is 419 g/mol. The second-order valence-electron chi connectivity index (χ2n) is 6.66. The second-order valence-corrected chi connectivity index (χ2v) is 7.05. The molecule has 0 saturated carbocycles. The van der Waals surface area contributed by atoms with E-state index in [2.05, 4.69) is 20.6 Å². The van der Waals surface area contributed by atoms with Crippen LogP contribution < -0.4 is 10.6 Å². The molecule has 2 aromatic heterocycles. The lowest BCUT2D eigenvalue weighted by Gasteiger charge is -2.06. The van der Waals surface area contributed by atoms with Gasteiger partial charge >= 0.3 is 0 Å². The normalized spacial score (nSPS) is 10.7. The van der Waals surface area contributed by atoms with E-state index in [4.69, 9.17) is 11.6 Å². The molecule has 0 aliphatic carbocycles. The Kier molecular flexibility index (Phi) is 5.45. The van der Waals surface area contributed by atoms with Crippen molar-refractivity contribution in [2.45, 2.75) is 6.54 Å². The van der Waals surface area contributed by atoms with Crippen LogP contribution in [0.4, 0.5) is 5.69 Å². The first-order valence-corrected chi connectivity index (χ1v) is 9.60. The van der Waals surface area contributed by atoms with E-state index in [1.807, 2.05) is 48.0 Å².